The van der Waals surface area contributed by atoms with Crippen molar-refractivity contribution in [2.24, 2.45) is 5.92 Å². The van der Waals surface area contributed by atoms with Crippen LogP contribution in [0.15, 0.2) is 12.3 Å². The van der Waals surface area contributed by atoms with Gasteiger partial charge in [-0.15, -0.1) is 0 Å². The van der Waals surface area contributed by atoms with Crippen molar-refractivity contribution in [3.63, 3.8) is 0 Å². The number of carbonyl (C=O) groups is 1. The number of aromatic nitrogens is 2. The van der Waals surface area contributed by atoms with E-state index in [1.807, 2.05) is 6.20 Å². The van der Waals surface area contributed by atoms with E-state index in [0.29, 0.717) is 18.4 Å². The zero-order chi connectivity index (χ0) is 17.8. The molecule has 1 atom stereocenters. The van der Waals surface area contributed by atoms with Crippen molar-refractivity contribution in [2.45, 2.75) is 50.7 Å². The summed E-state index contributed by atoms with van der Waals surface area (Å²) in [6.45, 7) is 5.91. The molecule has 0 spiro atoms. The Kier molecular flexibility index (Phi) is 5.87. The first kappa shape index (κ1) is 17.9. The summed E-state index contributed by atoms with van der Waals surface area (Å²) in [6.07, 6.45) is 6.61. The fraction of sp³-hybridized carbons (Fsp3) is 0.789. The Hall–Kier alpha value is -1.44. The van der Waals surface area contributed by atoms with Crippen LogP contribution in [-0.2, 0) is 20.8 Å². The molecule has 1 N–H and O–H groups in total. The van der Waals surface area contributed by atoms with Gasteiger partial charge in [0.25, 0.3) is 0 Å². The number of amides is 1. The summed E-state index contributed by atoms with van der Waals surface area (Å²) in [7, 11) is 0. The predicted molar refractivity (Wildman–Crippen MR) is 96.7 cm³/mol. The van der Waals surface area contributed by atoms with Crippen molar-refractivity contribution in [3.8, 4) is 0 Å². The van der Waals surface area contributed by atoms with E-state index in [0.717, 1.165) is 71.7 Å². The third-order valence-electron chi connectivity index (χ3n) is 5.97. The van der Waals surface area contributed by atoms with Crippen molar-refractivity contribution in [1.82, 2.24) is 20.0 Å². The highest BCUT2D eigenvalue weighted by molar-refractivity contribution is 5.76. The third kappa shape index (κ3) is 4.27. The molecular formula is C19H30N4O3. The average Bonchev–Trinajstić information content (AvgIpc) is 3.17. The van der Waals surface area contributed by atoms with Crippen LogP contribution in [0, 0.1) is 5.92 Å². The second-order valence-electron chi connectivity index (χ2n) is 7.76. The molecule has 1 aromatic heterocycles. The monoisotopic (exact) mass is 362 g/mol. The van der Waals surface area contributed by atoms with Crippen LogP contribution in [0.2, 0.25) is 0 Å². The quantitative estimate of drug-likeness (QED) is 0.856. The molecule has 0 aromatic carbocycles. The smallest absolute Gasteiger partial charge is 0.222 e. The molecule has 144 valence electrons. The molecule has 2 fully saturated rings. The molecule has 0 saturated carbocycles. The Morgan fingerprint density at radius 3 is 2.65 bits per heavy atom. The summed E-state index contributed by atoms with van der Waals surface area (Å²) in [6, 6.07) is 2.75. The highest BCUT2D eigenvalue weighted by Gasteiger charge is 2.32. The van der Waals surface area contributed by atoms with E-state index < -0.39 is 0 Å². The number of rotatable bonds is 5. The molecule has 7 heteroatoms. The van der Waals surface area contributed by atoms with Crippen LogP contribution in [0.5, 0.6) is 0 Å². The Morgan fingerprint density at radius 2 is 1.88 bits per heavy atom. The third-order valence-corrected chi connectivity index (χ3v) is 5.97. The first-order chi connectivity index (χ1) is 12.8. The van der Waals surface area contributed by atoms with Crippen LogP contribution in [-0.4, -0.2) is 66.1 Å². The Morgan fingerprint density at radius 1 is 1.15 bits per heavy atom. The van der Waals surface area contributed by atoms with E-state index in [4.69, 9.17) is 9.47 Å². The number of fused-ring (bicyclic) bond motifs is 1. The lowest BCUT2D eigenvalue weighted by molar-refractivity contribution is -0.122. The first-order valence-corrected chi connectivity index (χ1v) is 9.98. The molecule has 1 aromatic rings. The largest absolute Gasteiger partial charge is 0.381 e. The molecule has 0 radical (unpaired) electrons. The number of nitrogens with one attached hydrogen (secondary N) is 1. The van der Waals surface area contributed by atoms with Gasteiger partial charge in [-0.05, 0) is 37.7 Å². The normalized spacial score (nSPS) is 25.8. The molecule has 0 aliphatic carbocycles. The zero-order valence-electron chi connectivity index (χ0n) is 15.4. The molecule has 4 heterocycles. The molecule has 3 aliphatic heterocycles. The van der Waals surface area contributed by atoms with Crippen molar-refractivity contribution >= 4 is 5.91 Å². The van der Waals surface area contributed by atoms with E-state index in [-0.39, 0.29) is 11.9 Å². The topological polar surface area (TPSA) is 68.6 Å². The van der Waals surface area contributed by atoms with Gasteiger partial charge < -0.3 is 14.8 Å². The minimum Gasteiger partial charge on any atom is -0.381 e. The van der Waals surface area contributed by atoms with Gasteiger partial charge in [0, 0.05) is 58.3 Å². The fourth-order valence-electron chi connectivity index (χ4n) is 4.39. The number of ether oxygens (including phenoxy) is 2. The summed E-state index contributed by atoms with van der Waals surface area (Å²) in [5.74, 6) is 0.690. The maximum absolute atomic E-state index is 12.5. The first-order valence-electron chi connectivity index (χ1n) is 9.98. The fourth-order valence-corrected chi connectivity index (χ4v) is 4.39. The lowest BCUT2D eigenvalue weighted by atomic mass is 10.00. The van der Waals surface area contributed by atoms with Crippen molar-refractivity contribution in [1.29, 1.82) is 0 Å². The summed E-state index contributed by atoms with van der Waals surface area (Å²) in [5.41, 5.74) is 1.21. The van der Waals surface area contributed by atoms with Gasteiger partial charge in [0.05, 0.1) is 18.2 Å². The van der Waals surface area contributed by atoms with E-state index in [1.54, 1.807) is 0 Å². The Balaban J connectivity index is 1.34. The molecule has 4 rings (SSSR count). The van der Waals surface area contributed by atoms with Gasteiger partial charge in [-0.2, -0.15) is 5.10 Å². The molecule has 0 unspecified atom stereocenters. The molecule has 3 aliphatic rings. The van der Waals surface area contributed by atoms with Gasteiger partial charge in [-0.1, -0.05) is 0 Å². The van der Waals surface area contributed by atoms with E-state index in [9.17, 15) is 4.79 Å². The number of nitrogens with zero attached hydrogens (tertiary/aromatic N) is 3. The van der Waals surface area contributed by atoms with E-state index in [2.05, 4.69) is 26.1 Å². The van der Waals surface area contributed by atoms with Crippen LogP contribution in [0.4, 0.5) is 0 Å². The second-order valence-corrected chi connectivity index (χ2v) is 7.76. The number of hydrogen-bond donors (Lipinski definition) is 1. The van der Waals surface area contributed by atoms with E-state index >= 15 is 0 Å². The highest BCUT2D eigenvalue weighted by Crippen LogP contribution is 2.27. The second kappa shape index (κ2) is 8.50. The molecule has 0 bridgehead atoms. The van der Waals surface area contributed by atoms with E-state index in [1.165, 1.54) is 5.69 Å². The zero-order valence-corrected chi connectivity index (χ0v) is 15.4. The van der Waals surface area contributed by atoms with Crippen molar-refractivity contribution < 1.29 is 14.3 Å². The van der Waals surface area contributed by atoms with Gasteiger partial charge in [-0.25, -0.2) is 0 Å². The number of hydrogen-bond acceptors (Lipinski definition) is 5. The van der Waals surface area contributed by atoms with Crippen molar-refractivity contribution in [3.05, 3.63) is 18.0 Å². The Bertz CT molecular complexity index is 593. The van der Waals surface area contributed by atoms with Crippen LogP contribution >= 0.6 is 0 Å². The van der Waals surface area contributed by atoms with Crippen LogP contribution < -0.4 is 5.32 Å². The van der Waals surface area contributed by atoms with Gasteiger partial charge in [0.1, 0.15) is 0 Å². The lowest BCUT2D eigenvalue weighted by Gasteiger charge is -2.40. The molecule has 2 saturated heterocycles. The van der Waals surface area contributed by atoms with Gasteiger partial charge in [-0.3, -0.25) is 14.4 Å². The Labute approximate surface area is 155 Å². The SMILES string of the molecule is O=C(C[C@@H]1CN(C2CCOCC2)Cc2ccnn21)NCC1CCOCC1. The summed E-state index contributed by atoms with van der Waals surface area (Å²) >= 11 is 0. The molecule has 1 amide bonds. The lowest BCUT2D eigenvalue weighted by Crippen LogP contribution is -2.46. The molecular weight excluding hydrogens is 332 g/mol. The maximum Gasteiger partial charge on any atom is 0.222 e. The average molecular weight is 362 g/mol. The minimum absolute atomic E-state index is 0.117. The van der Waals surface area contributed by atoms with Gasteiger partial charge in [0.2, 0.25) is 5.91 Å². The standard InChI is InChI=1S/C19H30N4O3/c24-19(20-12-15-2-7-25-8-3-15)11-18-14-22(16-4-9-26-10-5-16)13-17-1-6-21-23(17)18/h1,6,15-16,18H,2-5,7-14H2,(H,20,24)/t18-/m1/s1. The summed E-state index contributed by atoms with van der Waals surface area (Å²) < 4.78 is 13.0. The molecule has 26 heavy (non-hydrogen) atoms. The summed E-state index contributed by atoms with van der Waals surface area (Å²) in [5, 5.41) is 7.63. The van der Waals surface area contributed by atoms with Crippen LogP contribution in [0.3, 0.4) is 0 Å². The van der Waals surface area contributed by atoms with Crippen LogP contribution in [0.25, 0.3) is 0 Å². The van der Waals surface area contributed by atoms with Crippen molar-refractivity contribution in [2.75, 3.05) is 39.5 Å². The molecule has 7 nitrogen and oxygen atoms in total. The maximum atomic E-state index is 12.5. The van der Waals surface area contributed by atoms with Crippen LogP contribution in [0.1, 0.15) is 43.8 Å². The highest BCUT2D eigenvalue weighted by atomic mass is 16.5. The van der Waals surface area contributed by atoms with Gasteiger partial charge in [0.15, 0.2) is 0 Å². The number of carbonyl (C=O) groups excluding carboxylic acids is 1. The predicted octanol–water partition coefficient (Wildman–Crippen LogP) is 1.35. The minimum atomic E-state index is 0.117. The summed E-state index contributed by atoms with van der Waals surface area (Å²) in [4.78, 5) is 15.1. The van der Waals surface area contributed by atoms with Gasteiger partial charge >= 0.3 is 0 Å².